The third kappa shape index (κ3) is 6.22. The van der Waals surface area contributed by atoms with Gasteiger partial charge < -0.3 is 19.3 Å². The van der Waals surface area contributed by atoms with Crippen molar-refractivity contribution < 1.29 is 14.3 Å². The summed E-state index contributed by atoms with van der Waals surface area (Å²) in [4.78, 5) is 17.7. The number of methoxy groups -OCH3 is 1. The summed E-state index contributed by atoms with van der Waals surface area (Å²) in [6.45, 7) is 6.00. The molecule has 0 N–H and O–H groups in total. The quantitative estimate of drug-likeness (QED) is 0.666. The number of hydrogen-bond donors (Lipinski definition) is 0. The van der Waals surface area contributed by atoms with Crippen LogP contribution in [0.4, 0.5) is 0 Å². The molecule has 27 heavy (non-hydrogen) atoms. The highest BCUT2D eigenvalue weighted by Gasteiger charge is 2.25. The first kappa shape index (κ1) is 20.2. The van der Waals surface area contributed by atoms with Crippen LogP contribution in [-0.4, -0.2) is 68.3 Å². The van der Waals surface area contributed by atoms with E-state index in [1.807, 2.05) is 12.1 Å². The molecule has 0 radical (unpaired) electrons. The van der Waals surface area contributed by atoms with E-state index in [0.29, 0.717) is 18.4 Å². The van der Waals surface area contributed by atoms with Gasteiger partial charge in [-0.05, 0) is 75.9 Å². The number of hydrogen-bond acceptors (Lipinski definition) is 4. The average Bonchev–Trinajstić information content (AvgIpc) is 3.24. The van der Waals surface area contributed by atoms with Gasteiger partial charge in [-0.1, -0.05) is 12.1 Å². The fraction of sp³-hybridized carbons (Fsp3) is 0.682. The maximum Gasteiger partial charge on any atom is 0.223 e. The molecule has 0 unspecified atom stereocenters. The summed E-state index contributed by atoms with van der Waals surface area (Å²) in [6, 6.07) is 8.38. The van der Waals surface area contributed by atoms with E-state index in [1.165, 1.54) is 31.5 Å². The number of ether oxygens (including phenoxy) is 2. The summed E-state index contributed by atoms with van der Waals surface area (Å²) in [5.41, 5.74) is 1.19. The Hall–Kier alpha value is -1.59. The van der Waals surface area contributed by atoms with Crippen molar-refractivity contribution in [2.24, 2.45) is 0 Å². The van der Waals surface area contributed by atoms with Crippen LogP contribution in [0.25, 0.3) is 0 Å². The van der Waals surface area contributed by atoms with E-state index in [9.17, 15) is 4.79 Å². The molecule has 5 nitrogen and oxygen atoms in total. The zero-order valence-electron chi connectivity index (χ0n) is 16.7. The first-order chi connectivity index (χ1) is 13.3. The molecule has 2 aliphatic rings. The molecule has 0 saturated carbocycles. The van der Waals surface area contributed by atoms with E-state index >= 15 is 0 Å². The molecule has 0 aliphatic carbocycles. The van der Waals surface area contributed by atoms with E-state index in [-0.39, 0.29) is 0 Å². The monoisotopic (exact) mass is 374 g/mol. The molecule has 0 bridgehead atoms. The van der Waals surface area contributed by atoms with Crippen molar-refractivity contribution in [3.63, 3.8) is 0 Å². The number of carbonyl (C=O) groups is 1. The van der Waals surface area contributed by atoms with Crippen LogP contribution in [0.3, 0.4) is 0 Å². The van der Waals surface area contributed by atoms with Gasteiger partial charge in [-0.25, -0.2) is 0 Å². The summed E-state index contributed by atoms with van der Waals surface area (Å²) >= 11 is 0. The summed E-state index contributed by atoms with van der Waals surface area (Å²) in [5.74, 6) is 1.15. The van der Waals surface area contributed by atoms with Gasteiger partial charge >= 0.3 is 0 Å². The lowest BCUT2D eigenvalue weighted by atomic mass is 10.0. The molecular formula is C22H34N2O3. The Balaban J connectivity index is 1.51. The highest BCUT2D eigenvalue weighted by molar-refractivity contribution is 5.76. The van der Waals surface area contributed by atoms with Gasteiger partial charge in [-0.3, -0.25) is 4.79 Å². The van der Waals surface area contributed by atoms with Crippen molar-refractivity contribution in [3.8, 4) is 5.75 Å². The van der Waals surface area contributed by atoms with Gasteiger partial charge in [-0.15, -0.1) is 0 Å². The van der Waals surface area contributed by atoms with Crippen molar-refractivity contribution in [1.82, 2.24) is 9.80 Å². The number of likely N-dealkylation sites (tertiary alicyclic amines) is 1. The molecule has 1 amide bonds. The third-order valence-electron chi connectivity index (χ3n) is 5.81. The highest BCUT2D eigenvalue weighted by atomic mass is 16.5. The number of amides is 1. The largest absolute Gasteiger partial charge is 0.497 e. The predicted octanol–water partition coefficient (Wildman–Crippen LogP) is 3.12. The standard InChI is InChI=1S/C22H34N2O3/c1-26-21-8-5-19(6-9-21)7-10-22(25)24(20-11-17-27-18-12-20)16-4-15-23-13-2-3-14-23/h5-6,8-9,20H,2-4,7,10-18H2,1H3. The molecule has 2 aliphatic heterocycles. The first-order valence-corrected chi connectivity index (χ1v) is 10.5. The molecule has 0 atom stereocenters. The number of rotatable bonds is 9. The second kappa shape index (κ2) is 10.7. The molecule has 3 rings (SSSR count). The normalized spacial score (nSPS) is 18.6. The van der Waals surface area contributed by atoms with Crippen molar-refractivity contribution >= 4 is 5.91 Å². The average molecular weight is 375 g/mol. The van der Waals surface area contributed by atoms with Crippen molar-refractivity contribution in [1.29, 1.82) is 0 Å². The van der Waals surface area contributed by atoms with Gasteiger partial charge in [0.25, 0.3) is 0 Å². The number of aryl methyl sites for hydroxylation is 1. The zero-order chi connectivity index (χ0) is 18.9. The fourth-order valence-corrected chi connectivity index (χ4v) is 4.17. The van der Waals surface area contributed by atoms with E-state index in [2.05, 4.69) is 21.9 Å². The van der Waals surface area contributed by atoms with Crippen LogP contribution in [0.2, 0.25) is 0 Å². The van der Waals surface area contributed by atoms with E-state index in [1.54, 1.807) is 7.11 Å². The Morgan fingerprint density at radius 3 is 2.56 bits per heavy atom. The second-order valence-electron chi connectivity index (χ2n) is 7.68. The van der Waals surface area contributed by atoms with Crippen LogP contribution in [0.15, 0.2) is 24.3 Å². The van der Waals surface area contributed by atoms with E-state index in [0.717, 1.165) is 57.7 Å². The molecule has 150 valence electrons. The van der Waals surface area contributed by atoms with Gasteiger partial charge in [0.1, 0.15) is 5.75 Å². The summed E-state index contributed by atoms with van der Waals surface area (Å²) in [7, 11) is 1.67. The minimum atomic E-state index is 0.291. The third-order valence-corrected chi connectivity index (χ3v) is 5.81. The van der Waals surface area contributed by atoms with Crippen LogP contribution in [-0.2, 0) is 16.0 Å². The number of carbonyl (C=O) groups excluding carboxylic acids is 1. The molecule has 1 aromatic carbocycles. The molecule has 2 heterocycles. The Labute approximate surface area is 163 Å². The van der Waals surface area contributed by atoms with Crippen LogP contribution >= 0.6 is 0 Å². The lowest BCUT2D eigenvalue weighted by molar-refractivity contribution is -0.135. The molecule has 2 saturated heterocycles. The van der Waals surface area contributed by atoms with Crippen LogP contribution in [0, 0.1) is 0 Å². The topological polar surface area (TPSA) is 42.0 Å². The van der Waals surface area contributed by atoms with E-state index < -0.39 is 0 Å². The smallest absolute Gasteiger partial charge is 0.223 e. The minimum Gasteiger partial charge on any atom is -0.497 e. The van der Waals surface area contributed by atoms with Crippen LogP contribution in [0.1, 0.15) is 44.1 Å². The Morgan fingerprint density at radius 2 is 1.89 bits per heavy atom. The molecule has 0 aromatic heterocycles. The summed E-state index contributed by atoms with van der Waals surface area (Å²) in [5, 5.41) is 0. The lowest BCUT2D eigenvalue weighted by Gasteiger charge is -2.35. The Morgan fingerprint density at radius 1 is 1.19 bits per heavy atom. The predicted molar refractivity (Wildman–Crippen MR) is 107 cm³/mol. The van der Waals surface area contributed by atoms with Gasteiger partial charge in [0.2, 0.25) is 5.91 Å². The molecule has 2 fully saturated rings. The van der Waals surface area contributed by atoms with Crippen LogP contribution < -0.4 is 4.74 Å². The highest BCUT2D eigenvalue weighted by Crippen LogP contribution is 2.18. The van der Waals surface area contributed by atoms with Gasteiger partial charge in [-0.2, -0.15) is 0 Å². The van der Waals surface area contributed by atoms with Gasteiger partial charge in [0, 0.05) is 32.2 Å². The SMILES string of the molecule is COc1ccc(CCC(=O)N(CCCN2CCCC2)C2CCOCC2)cc1. The summed E-state index contributed by atoms with van der Waals surface area (Å²) < 4.78 is 10.7. The zero-order valence-corrected chi connectivity index (χ0v) is 16.7. The minimum absolute atomic E-state index is 0.291. The molecule has 1 aromatic rings. The van der Waals surface area contributed by atoms with Crippen molar-refractivity contribution in [3.05, 3.63) is 29.8 Å². The molecule has 0 spiro atoms. The van der Waals surface area contributed by atoms with Crippen molar-refractivity contribution in [2.75, 3.05) is 46.5 Å². The molecule has 5 heteroatoms. The van der Waals surface area contributed by atoms with Gasteiger partial charge in [0.15, 0.2) is 0 Å². The fourth-order valence-electron chi connectivity index (χ4n) is 4.17. The maximum absolute atomic E-state index is 13.0. The second-order valence-corrected chi connectivity index (χ2v) is 7.68. The number of nitrogens with zero attached hydrogens (tertiary/aromatic N) is 2. The summed E-state index contributed by atoms with van der Waals surface area (Å²) in [6.07, 6.45) is 7.03. The van der Waals surface area contributed by atoms with Gasteiger partial charge in [0.05, 0.1) is 7.11 Å². The molecular weight excluding hydrogens is 340 g/mol. The van der Waals surface area contributed by atoms with Crippen LogP contribution in [0.5, 0.6) is 5.75 Å². The van der Waals surface area contributed by atoms with Crippen molar-refractivity contribution in [2.45, 2.75) is 51.0 Å². The number of benzene rings is 1. The Kier molecular flexibility index (Phi) is 7.96. The Bertz CT molecular complexity index is 563. The maximum atomic E-state index is 13.0. The first-order valence-electron chi connectivity index (χ1n) is 10.5. The lowest BCUT2D eigenvalue weighted by Crippen LogP contribution is -2.44. The van der Waals surface area contributed by atoms with E-state index in [4.69, 9.17) is 9.47 Å².